The summed E-state index contributed by atoms with van der Waals surface area (Å²) in [4.78, 5) is 19.7. The van der Waals surface area contributed by atoms with Crippen molar-refractivity contribution in [1.29, 1.82) is 0 Å². The number of ether oxygens (including phenoxy) is 1. The van der Waals surface area contributed by atoms with Gasteiger partial charge >= 0.3 is 6.18 Å². The first kappa shape index (κ1) is 29.8. The van der Waals surface area contributed by atoms with Crippen LogP contribution in [0.2, 0.25) is 0 Å². The van der Waals surface area contributed by atoms with Crippen LogP contribution in [0, 0.1) is 12.8 Å². The maximum Gasteiger partial charge on any atom is 0.416 e. The van der Waals surface area contributed by atoms with Gasteiger partial charge in [0.2, 0.25) is 0 Å². The molecule has 0 spiro atoms. The lowest BCUT2D eigenvalue weighted by atomic mass is 9.94. The Balaban J connectivity index is 1.21. The minimum Gasteiger partial charge on any atom is -0.376 e. The number of pyridine rings is 1. The van der Waals surface area contributed by atoms with Crippen molar-refractivity contribution in [3.05, 3.63) is 53.7 Å². The third-order valence-electron chi connectivity index (χ3n) is 9.35. The molecule has 4 aromatic heterocycles. The molecule has 238 valence electrons. The van der Waals surface area contributed by atoms with Crippen molar-refractivity contribution in [3.63, 3.8) is 0 Å². The van der Waals surface area contributed by atoms with Crippen molar-refractivity contribution in [2.45, 2.75) is 84.4 Å². The van der Waals surface area contributed by atoms with Crippen LogP contribution in [0.5, 0.6) is 0 Å². The molecule has 2 fully saturated rings. The van der Waals surface area contributed by atoms with Crippen LogP contribution in [0.25, 0.3) is 27.8 Å². The van der Waals surface area contributed by atoms with Gasteiger partial charge in [-0.05, 0) is 63.8 Å². The number of hydrogen-bond acceptors (Lipinski definition) is 8. The maximum absolute atomic E-state index is 13.3. The number of aryl methyl sites for hydroxylation is 1. The van der Waals surface area contributed by atoms with Gasteiger partial charge in [-0.25, -0.2) is 9.38 Å². The molecule has 0 amide bonds. The number of imidazole rings is 1. The third-order valence-corrected chi connectivity index (χ3v) is 9.35. The van der Waals surface area contributed by atoms with E-state index in [1.54, 1.807) is 12.4 Å². The van der Waals surface area contributed by atoms with E-state index in [9.17, 15) is 13.2 Å². The topological polar surface area (TPSA) is 89.5 Å². The van der Waals surface area contributed by atoms with E-state index >= 15 is 0 Å². The van der Waals surface area contributed by atoms with Crippen LogP contribution in [0.15, 0.2) is 36.7 Å². The molecule has 0 bridgehead atoms. The van der Waals surface area contributed by atoms with Crippen molar-refractivity contribution < 1.29 is 17.9 Å². The Morgan fingerprint density at radius 1 is 1.02 bits per heavy atom. The SMILES string of the molecule is Cc1nc2c(N3C[C@@H](C)N([C@H](c4ccc5cc(C(F)(F)F)ccc5n4)C(C)C)C[C@@H]3C)nc3nncn3c2n1C[C@@H]1CCCO1. The molecule has 0 saturated carbocycles. The zero-order chi connectivity index (χ0) is 31.6. The standard InChI is InChI=1S/C32H38F3N9O/c1-18(2)28(26-10-8-22-13-23(32(33,34)35)9-11-25(22)38-26)41-14-20(4)42(15-19(41)3)29-27-30(44-17-36-40-31(44)39-29)43(21(5)37-27)16-24-7-6-12-45-24/h8-11,13,17-20,24,28H,6-7,12,14-16H2,1-5H3/t19-,20+,24+,28+/m1/s1. The Kier molecular flexibility index (Phi) is 7.43. The number of benzene rings is 1. The number of rotatable bonds is 6. The second-order valence-electron chi connectivity index (χ2n) is 12.9. The number of aromatic nitrogens is 7. The molecule has 10 nitrogen and oxygen atoms in total. The van der Waals surface area contributed by atoms with Crippen molar-refractivity contribution >= 4 is 33.7 Å². The number of alkyl halides is 3. The Bertz CT molecular complexity index is 1860. The Hall–Kier alpha value is -3.84. The summed E-state index contributed by atoms with van der Waals surface area (Å²) in [6.07, 6.45) is -0.458. The Morgan fingerprint density at radius 2 is 1.84 bits per heavy atom. The maximum atomic E-state index is 13.3. The molecular weight excluding hydrogens is 583 g/mol. The molecule has 0 N–H and O–H groups in total. The molecule has 0 aliphatic carbocycles. The molecule has 1 aromatic carbocycles. The van der Waals surface area contributed by atoms with E-state index in [4.69, 9.17) is 19.7 Å². The predicted octanol–water partition coefficient (Wildman–Crippen LogP) is 5.82. The second kappa shape index (κ2) is 11.2. The minimum atomic E-state index is -4.39. The largest absolute Gasteiger partial charge is 0.416 e. The summed E-state index contributed by atoms with van der Waals surface area (Å²) in [5.74, 6) is 2.44. The lowest BCUT2D eigenvalue weighted by Gasteiger charge is -2.48. The summed E-state index contributed by atoms with van der Waals surface area (Å²) >= 11 is 0. The van der Waals surface area contributed by atoms with Gasteiger partial charge in [0, 0.05) is 37.2 Å². The summed E-state index contributed by atoms with van der Waals surface area (Å²) < 4.78 is 50.0. The Morgan fingerprint density at radius 3 is 2.58 bits per heavy atom. The van der Waals surface area contributed by atoms with Crippen molar-refractivity contribution in [2.75, 3.05) is 24.6 Å². The van der Waals surface area contributed by atoms with Crippen LogP contribution in [0.1, 0.15) is 63.7 Å². The van der Waals surface area contributed by atoms with Gasteiger partial charge < -0.3 is 14.2 Å². The summed E-state index contributed by atoms with van der Waals surface area (Å²) in [6.45, 7) is 13.7. The average molecular weight is 622 g/mol. The summed E-state index contributed by atoms with van der Waals surface area (Å²) in [6, 6.07) is 7.58. The normalized spacial score (nSPS) is 22.4. The van der Waals surface area contributed by atoms with Crippen molar-refractivity contribution in [2.24, 2.45) is 5.92 Å². The van der Waals surface area contributed by atoms with E-state index in [0.29, 0.717) is 29.8 Å². The smallest absolute Gasteiger partial charge is 0.376 e. The van der Waals surface area contributed by atoms with E-state index in [1.807, 2.05) is 17.4 Å². The van der Waals surface area contributed by atoms with E-state index in [-0.39, 0.29) is 30.1 Å². The number of hydrogen-bond donors (Lipinski definition) is 0. The molecule has 7 rings (SSSR count). The third kappa shape index (κ3) is 5.29. The molecule has 0 radical (unpaired) electrons. The van der Waals surface area contributed by atoms with Gasteiger partial charge in [0.05, 0.1) is 35.5 Å². The van der Waals surface area contributed by atoms with E-state index in [1.165, 1.54) is 12.1 Å². The monoisotopic (exact) mass is 621 g/mol. The fourth-order valence-corrected chi connectivity index (χ4v) is 7.17. The molecule has 0 unspecified atom stereocenters. The number of nitrogens with zero attached hydrogens (tertiary/aromatic N) is 9. The Labute approximate surface area is 259 Å². The van der Waals surface area contributed by atoms with Gasteiger partial charge in [-0.15, -0.1) is 10.2 Å². The summed E-state index contributed by atoms with van der Waals surface area (Å²) in [5, 5.41) is 8.97. The first-order valence-electron chi connectivity index (χ1n) is 15.7. The lowest BCUT2D eigenvalue weighted by Crippen LogP contribution is -2.58. The molecule has 2 saturated heterocycles. The number of fused-ring (bicyclic) bond motifs is 4. The van der Waals surface area contributed by atoms with Gasteiger partial charge in [-0.1, -0.05) is 19.9 Å². The molecule has 4 atom stereocenters. The highest BCUT2D eigenvalue weighted by Gasteiger charge is 2.38. The molecule has 2 aliphatic heterocycles. The number of halogens is 3. The number of anilines is 1. The van der Waals surface area contributed by atoms with E-state index < -0.39 is 11.7 Å². The zero-order valence-electron chi connectivity index (χ0n) is 26.2. The number of piperazine rings is 1. The zero-order valence-corrected chi connectivity index (χ0v) is 26.2. The van der Waals surface area contributed by atoms with E-state index in [0.717, 1.165) is 60.6 Å². The van der Waals surface area contributed by atoms with Gasteiger partial charge in [-0.3, -0.25) is 9.88 Å². The molecule has 6 heterocycles. The van der Waals surface area contributed by atoms with E-state index in [2.05, 4.69) is 52.3 Å². The van der Waals surface area contributed by atoms with Crippen LogP contribution < -0.4 is 4.90 Å². The fraction of sp³-hybridized carbons (Fsp3) is 0.531. The summed E-state index contributed by atoms with van der Waals surface area (Å²) in [5.41, 5.74) is 2.50. The summed E-state index contributed by atoms with van der Waals surface area (Å²) in [7, 11) is 0. The van der Waals surface area contributed by atoms with Crippen LogP contribution in [0.4, 0.5) is 19.0 Å². The van der Waals surface area contributed by atoms with Crippen molar-refractivity contribution in [3.8, 4) is 0 Å². The minimum absolute atomic E-state index is 0.0175. The quantitative estimate of drug-likeness (QED) is 0.234. The highest BCUT2D eigenvalue weighted by atomic mass is 19.4. The molecule has 2 aliphatic rings. The van der Waals surface area contributed by atoms with Crippen LogP contribution in [0.3, 0.4) is 0 Å². The highest BCUT2D eigenvalue weighted by Crippen LogP contribution is 2.37. The first-order chi connectivity index (χ1) is 21.5. The first-order valence-corrected chi connectivity index (χ1v) is 15.7. The second-order valence-corrected chi connectivity index (χ2v) is 12.9. The van der Waals surface area contributed by atoms with Gasteiger partial charge in [0.25, 0.3) is 5.78 Å². The molecular formula is C32H38F3N9O. The average Bonchev–Trinajstić information content (AvgIpc) is 3.75. The van der Waals surface area contributed by atoms with Gasteiger partial charge in [-0.2, -0.15) is 18.2 Å². The predicted molar refractivity (Wildman–Crippen MR) is 165 cm³/mol. The van der Waals surface area contributed by atoms with Crippen molar-refractivity contribution in [1.82, 2.24) is 39.0 Å². The van der Waals surface area contributed by atoms with Crippen LogP contribution >= 0.6 is 0 Å². The molecule has 45 heavy (non-hydrogen) atoms. The lowest BCUT2D eigenvalue weighted by molar-refractivity contribution is -0.137. The van der Waals surface area contributed by atoms with Gasteiger partial charge in [0.1, 0.15) is 17.7 Å². The molecule has 13 heteroatoms. The van der Waals surface area contributed by atoms with Crippen LogP contribution in [-0.4, -0.2) is 76.9 Å². The van der Waals surface area contributed by atoms with Gasteiger partial charge in [0.15, 0.2) is 11.5 Å². The highest BCUT2D eigenvalue weighted by molar-refractivity contribution is 5.87. The fourth-order valence-electron chi connectivity index (χ4n) is 7.17. The van der Waals surface area contributed by atoms with Crippen LogP contribution in [-0.2, 0) is 17.5 Å². The molecule has 5 aromatic rings.